The second-order valence-corrected chi connectivity index (χ2v) is 6.92. The highest BCUT2D eigenvalue weighted by molar-refractivity contribution is 8.00. The molecule has 2 rings (SSSR count). The van der Waals surface area contributed by atoms with E-state index in [1.54, 1.807) is 42.5 Å². The van der Waals surface area contributed by atoms with Gasteiger partial charge in [-0.25, -0.2) is 4.79 Å². The number of nitrogens with two attached hydrogens (primary N) is 1. The van der Waals surface area contributed by atoms with Gasteiger partial charge in [-0.05, 0) is 30.3 Å². The van der Waals surface area contributed by atoms with Gasteiger partial charge in [-0.1, -0.05) is 35.3 Å². The first-order valence-electron chi connectivity index (χ1n) is 7.28. The van der Waals surface area contributed by atoms with Crippen LogP contribution >= 0.6 is 35.0 Å². The highest BCUT2D eigenvalue weighted by atomic mass is 35.5. The van der Waals surface area contributed by atoms with Gasteiger partial charge in [0.05, 0.1) is 11.3 Å². The summed E-state index contributed by atoms with van der Waals surface area (Å²) >= 11 is 12.9. The zero-order chi connectivity index (χ0) is 19.1. The van der Waals surface area contributed by atoms with Crippen molar-refractivity contribution in [2.24, 2.45) is 5.73 Å². The summed E-state index contributed by atoms with van der Waals surface area (Å²) in [6.45, 7) is -0.506. The number of rotatable bonds is 7. The Balaban J connectivity index is 1.99. The molecule has 0 spiro atoms. The van der Waals surface area contributed by atoms with E-state index in [0.717, 1.165) is 11.8 Å². The number of anilines is 1. The van der Waals surface area contributed by atoms with Crippen LogP contribution < -0.4 is 11.1 Å². The summed E-state index contributed by atoms with van der Waals surface area (Å²) in [5.74, 6) is -1.69. The number of nitrogens with one attached hydrogen (secondary N) is 1. The molecule has 0 atom stereocenters. The lowest BCUT2D eigenvalue weighted by atomic mass is 10.2. The van der Waals surface area contributed by atoms with E-state index >= 15 is 0 Å². The molecule has 3 N–H and O–H groups in total. The Morgan fingerprint density at radius 2 is 1.73 bits per heavy atom. The fourth-order valence-corrected chi connectivity index (χ4v) is 3.31. The first-order chi connectivity index (χ1) is 12.3. The maximum Gasteiger partial charge on any atom is 0.339 e. The highest BCUT2D eigenvalue weighted by Crippen LogP contribution is 2.25. The van der Waals surface area contributed by atoms with Crippen molar-refractivity contribution in [2.75, 3.05) is 17.7 Å². The number of halogens is 2. The number of thioether (sulfide) groups is 1. The number of benzene rings is 2. The second-order valence-electron chi connectivity index (χ2n) is 5.03. The lowest BCUT2D eigenvalue weighted by Gasteiger charge is -2.09. The Kier molecular flexibility index (Phi) is 7.32. The van der Waals surface area contributed by atoms with Crippen LogP contribution in [0.1, 0.15) is 10.4 Å². The molecule has 0 radical (unpaired) electrons. The molecule has 0 unspecified atom stereocenters. The quantitative estimate of drug-likeness (QED) is 0.536. The highest BCUT2D eigenvalue weighted by Gasteiger charge is 2.15. The summed E-state index contributed by atoms with van der Waals surface area (Å²) in [4.78, 5) is 35.4. The topological polar surface area (TPSA) is 98.5 Å². The molecule has 2 amide bonds. The van der Waals surface area contributed by atoms with Crippen molar-refractivity contribution in [3.05, 3.63) is 58.1 Å². The minimum Gasteiger partial charge on any atom is -0.452 e. The van der Waals surface area contributed by atoms with Gasteiger partial charge in [-0.3, -0.25) is 9.59 Å². The molecule has 9 heteroatoms. The Labute approximate surface area is 164 Å². The Morgan fingerprint density at radius 3 is 2.38 bits per heavy atom. The fourth-order valence-electron chi connectivity index (χ4n) is 1.94. The van der Waals surface area contributed by atoms with E-state index in [1.807, 2.05) is 0 Å². The van der Waals surface area contributed by atoms with Crippen LogP contribution in [0, 0.1) is 0 Å². The number of amides is 2. The lowest BCUT2D eigenvalue weighted by molar-refractivity contribution is -0.121. The molecule has 0 aliphatic rings. The average Bonchev–Trinajstić information content (AvgIpc) is 2.57. The summed E-state index contributed by atoms with van der Waals surface area (Å²) in [6, 6.07) is 11.3. The number of primary amides is 1. The number of carbonyl (C=O) groups is 3. The average molecular weight is 413 g/mol. The van der Waals surface area contributed by atoms with Crippen molar-refractivity contribution in [2.45, 2.75) is 4.90 Å². The minimum absolute atomic E-state index is 0.0459. The van der Waals surface area contributed by atoms with Crippen LogP contribution in [-0.2, 0) is 14.3 Å². The van der Waals surface area contributed by atoms with E-state index in [0.29, 0.717) is 20.6 Å². The van der Waals surface area contributed by atoms with Crippen LogP contribution in [0.3, 0.4) is 0 Å². The Bertz CT molecular complexity index is 825. The number of carbonyl (C=O) groups excluding carboxylic acids is 3. The van der Waals surface area contributed by atoms with Crippen molar-refractivity contribution in [1.82, 2.24) is 0 Å². The fraction of sp³-hybridized carbons (Fsp3) is 0.118. The van der Waals surface area contributed by atoms with Gasteiger partial charge >= 0.3 is 5.97 Å². The van der Waals surface area contributed by atoms with E-state index in [2.05, 4.69) is 5.32 Å². The molecule has 0 saturated carbocycles. The SMILES string of the molecule is NC(=O)COC(=O)c1ccccc1SCC(=O)Nc1cc(Cl)cc(Cl)c1. The summed E-state index contributed by atoms with van der Waals surface area (Å²) in [6.07, 6.45) is 0. The zero-order valence-electron chi connectivity index (χ0n) is 13.3. The van der Waals surface area contributed by atoms with E-state index in [9.17, 15) is 14.4 Å². The second kappa shape index (κ2) is 9.47. The van der Waals surface area contributed by atoms with Crippen LogP contribution in [0.2, 0.25) is 10.0 Å². The summed E-state index contributed by atoms with van der Waals surface area (Å²) in [5, 5.41) is 3.49. The molecular formula is C17H14Cl2N2O4S. The molecule has 0 aliphatic carbocycles. The molecule has 136 valence electrons. The third-order valence-electron chi connectivity index (χ3n) is 2.96. The normalized spacial score (nSPS) is 10.2. The molecule has 26 heavy (non-hydrogen) atoms. The van der Waals surface area contributed by atoms with Crippen molar-refractivity contribution >= 4 is 58.4 Å². The maximum absolute atomic E-state index is 12.1. The molecule has 6 nitrogen and oxygen atoms in total. The smallest absolute Gasteiger partial charge is 0.339 e. The molecule has 0 aromatic heterocycles. The van der Waals surface area contributed by atoms with E-state index < -0.39 is 18.5 Å². The molecule has 0 fully saturated rings. The van der Waals surface area contributed by atoms with E-state index in [-0.39, 0.29) is 17.2 Å². The third-order valence-corrected chi connectivity index (χ3v) is 4.47. The van der Waals surface area contributed by atoms with Gasteiger partial charge < -0.3 is 15.8 Å². The number of hydrogen-bond acceptors (Lipinski definition) is 5. The van der Waals surface area contributed by atoms with Crippen molar-refractivity contribution in [3.8, 4) is 0 Å². The molecule has 0 bridgehead atoms. The number of ether oxygens (including phenoxy) is 1. The van der Waals surface area contributed by atoms with E-state index in [4.69, 9.17) is 33.7 Å². The lowest BCUT2D eigenvalue weighted by Crippen LogP contribution is -2.21. The summed E-state index contributed by atoms with van der Waals surface area (Å²) < 4.78 is 4.80. The minimum atomic E-state index is -0.747. The number of esters is 1. The Morgan fingerprint density at radius 1 is 1.08 bits per heavy atom. The number of hydrogen-bond donors (Lipinski definition) is 2. The van der Waals surface area contributed by atoms with Gasteiger partial charge in [0.15, 0.2) is 6.61 Å². The first kappa shape index (κ1) is 20.1. The van der Waals surface area contributed by atoms with Crippen LogP contribution in [0.25, 0.3) is 0 Å². The molecule has 0 aliphatic heterocycles. The molecule has 0 saturated heterocycles. The molecule has 0 heterocycles. The van der Waals surface area contributed by atoms with Crippen molar-refractivity contribution < 1.29 is 19.1 Å². The molecular weight excluding hydrogens is 399 g/mol. The van der Waals surface area contributed by atoms with Gasteiger partial charge in [0.1, 0.15) is 0 Å². The van der Waals surface area contributed by atoms with Crippen molar-refractivity contribution in [3.63, 3.8) is 0 Å². The van der Waals surface area contributed by atoms with Gasteiger partial charge in [0, 0.05) is 20.6 Å². The van der Waals surface area contributed by atoms with Gasteiger partial charge in [0.25, 0.3) is 5.91 Å². The predicted molar refractivity (Wildman–Crippen MR) is 102 cm³/mol. The maximum atomic E-state index is 12.1. The standard InChI is InChI=1S/C17H14Cl2N2O4S/c18-10-5-11(19)7-12(6-10)21-16(23)9-26-14-4-2-1-3-13(14)17(24)25-8-15(20)22/h1-7H,8-9H2,(H2,20,22)(H,21,23). The van der Waals surface area contributed by atoms with Gasteiger partial charge in [-0.2, -0.15) is 0 Å². The van der Waals surface area contributed by atoms with Crippen LogP contribution in [0.15, 0.2) is 47.4 Å². The third kappa shape index (κ3) is 6.25. The zero-order valence-corrected chi connectivity index (χ0v) is 15.7. The van der Waals surface area contributed by atoms with Crippen LogP contribution in [0.5, 0.6) is 0 Å². The first-order valence-corrected chi connectivity index (χ1v) is 9.02. The molecule has 2 aromatic rings. The van der Waals surface area contributed by atoms with Crippen LogP contribution in [-0.4, -0.2) is 30.1 Å². The van der Waals surface area contributed by atoms with Gasteiger partial charge in [-0.15, -0.1) is 11.8 Å². The van der Waals surface area contributed by atoms with E-state index in [1.165, 1.54) is 0 Å². The summed E-state index contributed by atoms with van der Waals surface area (Å²) in [7, 11) is 0. The van der Waals surface area contributed by atoms with Gasteiger partial charge in [0.2, 0.25) is 5.91 Å². The molecule has 2 aromatic carbocycles. The van der Waals surface area contributed by atoms with Crippen molar-refractivity contribution in [1.29, 1.82) is 0 Å². The summed E-state index contributed by atoms with van der Waals surface area (Å²) in [5.41, 5.74) is 5.68. The predicted octanol–water partition coefficient (Wildman–Crippen LogP) is 3.37. The van der Waals surface area contributed by atoms with Crippen LogP contribution in [0.4, 0.5) is 5.69 Å². The largest absolute Gasteiger partial charge is 0.452 e. The Hall–Kier alpha value is -2.22. The monoisotopic (exact) mass is 412 g/mol.